The Morgan fingerprint density at radius 1 is 1.03 bits per heavy atom. The van der Waals surface area contributed by atoms with Gasteiger partial charge in [0.25, 0.3) is 5.91 Å². The van der Waals surface area contributed by atoms with Gasteiger partial charge < -0.3 is 19.3 Å². The Labute approximate surface area is 201 Å². The van der Waals surface area contributed by atoms with Crippen LogP contribution in [0.15, 0.2) is 53.4 Å². The van der Waals surface area contributed by atoms with E-state index in [0.29, 0.717) is 40.4 Å². The minimum atomic E-state index is -0.163. The summed E-state index contributed by atoms with van der Waals surface area (Å²) in [6.07, 6.45) is 2.06. The van der Waals surface area contributed by atoms with Crippen LogP contribution in [0.2, 0.25) is 0 Å². The van der Waals surface area contributed by atoms with Crippen molar-refractivity contribution in [2.24, 2.45) is 0 Å². The van der Waals surface area contributed by atoms with Gasteiger partial charge in [-0.1, -0.05) is 48.2 Å². The molecule has 2 amide bonds. The fourth-order valence-corrected chi connectivity index (χ4v) is 5.37. The molecule has 33 heavy (non-hydrogen) atoms. The summed E-state index contributed by atoms with van der Waals surface area (Å²) in [5.41, 5.74) is 2.02. The lowest BCUT2D eigenvalue weighted by molar-refractivity contribution is -0.132. The first kappa shape index (κ1) is 21.8. The van der Waals surface area contributed by atoms with Crippen molar-refractivity contribution in [1.29, 1.82) is 0 Å². The normalized spacial score (nSPS) is 19.0. The Kier molecular flexibility index (Phi) is 6.24. The summed E-state index contributed by atoms with van der Waals surface area (Å²) in [4.78, 5) is 31.9. The molecule has 0 atom stereocenters. The molecule has 0 bridgehead atoms. The Hall–Kier alpha value is -3.04. The number of nitrogens with zero attached hydrogens (tertiary/aromatic N) is 3. The van der Waals surface area contributed by atoms with Crippen LogP contribution in [0.1, 0.15) is 12.0 Å². The number of hydrogen-bond acceptors (Lipinski definition) is 7. The lowest BCUT2D eigenvalue weighted by Gasteiger charge is -2.36. The van der Waals surface area contributed by atoms with Crippen molar-refractivity contribution in [2.75, 3.05) is 44.4 Å². The van der Waals surface area contributed by atoms with Crippen molar-refractivity contribution in [2.45, 2.75) is 6.42 Å². The molecule has 0 saturated carbocycles. The Bertz CT molecular complexity index is 1110. The average Bonchev–Trinajstić information content (AvgIpc) is 3.42. The number of thioether (sulfide) groups is 1. The van der Waals surface area contributed by atoms with Crippen molar-refractivity contribution >= 4 is 51.9 Å². The highest BCUT2D eigenvalue weighted by Crippen LogP contribution is 2.36. The minimum absolute atomic E-state index is 0.0523. The van der Waals surface area contributed by atoms with Crippen LogP contribution in [-0.2, 0) is 9.59 Å². The first-order valence-electron chi connectivity index (χ1n) is 10.8. The van der Waals surface area contributed by atoms with Gasteiger partial charge in [-0.05, 0) is 35.9 Å². The Morgan fingerprint density at radius 3 is 2.58 bits per heavy atom. The molecule has 3 heterocycles. The fourth-order valence-electron chi connectivity index (χ4n) is 4.07. The number of anilines is 1. The number of carbonyl (C=O) groups excluding carboxylic acids is 2. The number of rotatable bonds is 5. The lowest BCUT2D eigenvalue weighted by Crippen LogP contribution is -2.49. The molecule has 7 nitrogen and oxygen atoms in total. The van der Waals surface area contributed by atoms with Gasteiger partial charge in [0.1, 0.15) is 4.32 Å². The van der Waals surface area contributed by atoms with Crippen LogP contribution in [0.5, 0.6) is 11.5 Å². The number of thiocarbonyl (C=S) groups is 1. The topological polar surface area (TPSA) is 62.3 Å². The van der Waals surface area contributed by atoms with Crippen LogP contribution in [-0.4, -0.2) is 65.5 Å². The number of ether oxygens (including phenoxy) is 2. The largest absolute Gasteiger partial charge is 0.454 e. The van der Waals surface area contributed by atoms with E-state index >= 15 is 0 Å². The second kappa shape index (κ2) is 9.44. The van der Waals surface area contributed by atoms with Crippen LogP contribution in [0.4, 0.5) is 5.69 Å². The summed E-state index contributed by atoms with van der Waals surface area (Å²) in [5.74, 6) is 1.25. The maximum Gasteiger partial charge on any atom is 0.266 e. The van der Waals surface area contributed by atoms with E-state index in [9.17, 15) is 9.59 Å². The van der Waals surface area contributed by atoms with E-state index in [4.69, 9.17) is 21.7 Å². The number of fused-ring (bicyclic) bond motifs is 1. The summed E-state index contributed by atoms with van der Waals surface area (Å²) >= 11 is 6.68. The molecule has 0 aliphatic carbocycles. The van der Waals surface area contributed by atoms with Gasteiger partial charge in [0.2, 0.25) is 12.7 Å². The third-order valence-corrected chi connectivity index (χ3v) is 7.25. The zero-order chi connectivity index (χ0) is 22.8. The molecule has 3 aliphatic heterocycles. The SMILES string of the molecule is O=C(CCN1C(=O)/C(=C/c2ccc3c(c2)OCO3)SC1=S)N1CCN(c2ccccc2)CC1. The number of piperazine rings is 1. The molecule has 3 aliphatic rings. The summed E-state index contributed by atoms with van der Waals surface area (Å²) < 4.78 is 11.2. The van der Waals surface area contributed by atoms with Crippen LogP contribution in [0.25, 0.3) is 6.08 Å². The highest BCUT2D eigenvalue weighted by molar-refractivity contribution is 8.26. The smallest absolute Gasteiger partial charge is 0.266 e. The second-order valence-corrected chi connectivity index (χ2v) is 9.58. The van der Waals surface area contributed by atoms with Crippen LogP contribution >= 0.6 is 24.0 Å². The van der Waals surface area contributed by atoms with Gasteiger partial charge >= 0.3 is 0 Å². The van der Waals surface area contributed by atoms with Crippen molar-refractivity contribution in [3.63, 3.8) is 0 Å². The Morgan fingerprint density at radius 2 is 1.79 bits per heavy atom. The maximum atomic E-state index is 12.9. The second-order valence-electron chi connectivity index (χ2n) is 7.90. The molecule has 0 radical (unpaired) electrons. The molecule has 9 heteroatoms. The van der Waals surface area contributed by atoms with Gasteiger partial charge in [-0.25, -0.2) is 0 Å². The van der Waals surface area contributed by atoms with Crippen molar-refractivity contribution in [3.8, 4) is 11.5 Å². The van der Waals surface area contributed by atoms with E-state index in [1.54, 1.807) is 6.08 Å². The van der Waals surface area contributed by atoms with E-state index in [1.807, 2.05) is 41.3 Å². The lowest BCUT2D eigenvalue weighted by atomic mass is 10.2. The molecule has 2 saturated heterocycles. The predicted molar refractivity (Wildman–Crippen MR) is 132 cm³/mol. The highest BCUT2D eigenvalue weighted by atomic mass is 32.2. The van der Waals surface area contributed by atoms with Crippen LogP contribution < -0.4 is 14.4 Å². The van der Waals surface area contributed by atoms with E-state index in [0.717, 1.165) is 18.7 Å². The van der Waals surface area contributed by atoms with Crippen molar-refractivity contribution < 1.29 is 19.1 Å². The van der Waals surface area contributed by atoms with Gasteiger partial charge in [0.05, 0.1) is 4.91 Å². The summed E-state index contributed by atoms with van der Waals surface area (Å²) in [7, 11) is 0. The van der Waals surface area contributed by atoms with Crippen LogP contribution in [0.3, 0.4) is 0 Å². The first-order valence-corrected chi connectivity index (χ1v) is 12.0. The van der Waals surface area contributed by atoms with E-state index in [2.05, 4.69) is 17.0 Å². The quantitative estimate of drug-likeness (QED) is 0.479. The molecular weight excluding hydrogens is 458 g/mol. The molecule has 0 N–H and O–H groups in total. The molecule has 170 valence electrons. The Balaban J connectivity index is 1.15. The molecule has 5 rings (SSSR count). The third-order valence-electron chi connectivity index (χ3n) is 5.87. The van der Waals surface area contributed by atoms with E-state index in [-0.39, 0.29) is 25.0 Å². The predicted octanol–water partition coefficient (Wildman–Crippen LogP) is 3.36. The number of amides is 2. The molecule has 2 fully saturated rings. The standard InChI is InChI=1S/C24H23N3O4S2/c28-22(26-12-10-25(11-13-26)18-4-2-1-3-5-18)8-9-27-23(29)21(33-24(27)32)15-17-6-7-19-20(14-17)31-16-30-19/h1-7,14-15H,8-13,16H2/b21-15-. The third kappa shape index (κ3) is 4.69. The summed E-state index contributed by atoms with van der Waals surface area (Å²) in [5, 5.41) is 0. The molecule has 0 spiro atoms. The fraction of sp³-hybridized carbons (Fsp3) is 0.292. The minimum Gasteiger partial charge on any atom is -0.454 e. The molecule has 2 aromatic carbocycles. The van der Waals surface area contributed by atoms with Crippen LogP contribution in [0, 0.1) is 0 Å². The van der Waals surface area contributed by atoms with Gasteiger partial charge in [-0.2, -0.15) is 0 Å². The van der Waals surface area contributed by atoms with Crippen molar-refractivity contribution in [3.05, 3.63) is 59.0 Å². The molecule has 0 aromatic heterocycles. The highest BCUT2D eigenvalue weighted by Gasteiger charge is 2.33. The molecule has 2 aromatic rings. The number of para-hydroxylation sites is 1. The average molecular weight is 482 g/mol. The molecule has 0 unspecified atom stereocenters. The summed E-state index contributed by atoms with van der Waals surface area (Å²) in [6, 6.07) is 15.8. The van der Waals surface area contributed by atoms with Gasteiger partial charge in [-0.15, -0.1) is 0 Å². The number of carbonyl (C=O) groups is 2. The zero-order valence-electron chi connectivity index (χ0n) is 17.9. The first-order chi connectivity index (χ1) is 16.1. The van der Waals surface area contributed by atoms with Crippen molar-refractivity contribution in [1.82, 2.24) is 9.80 Å². The number of benzene rings is 2. The van der Waals surface area contributed by atoms with E-state index < -0.39 is 0 Å². The summed E-state index contributed by atoms with van der Waals surface area (Å²) in [6.45, 7) is 3.45. The monoisotopic (exact) mass is 481 g/mol. The maximum absolute atomic E-state index is 12.9. The zero-order valence-corrected chi connectivity index (χ0v) is 19.6. The number of hydrogen-bond donors (Lipinski definition) is 0. The van der Waals surface area contributed by atoms with Gasteiger partial charge in [-0.3, -0.25) is 14.5 Å². The van der Waals surface area contributed by atoms with E-state index in [1.165, 1.54) is 22.3 Å². The van der Waals surface area contributed by atoms with Gasteiger partial charge in [0.15, 0.2) is 11.5 Å². The van der Waals surface area contributed by atoms with Gasteiger partial charge in [0, 0.05) is 44.8 Å². The molecular formula is C24H23N3O4S2.